The van der Waals surface area contributed by atoms with Gasteiger partial charge in [0.05, 0.1) is 0 Å². The van der Waals surface area contributed by atoms with Gasteiger partial charge in [-0.25, -0.2) is 4.42 Å². The van der Waals surface area contributed by atoms with E-state index in [9.17, 15) is 4.79 Å². The molecule has 0 saturated heterocycles. The molecule has 0 aromatic heterocycles. The zero-order valence-electron chi connectivity index (χ0n) is 3.77. The summed E-state index contributed by atoms with van der Waals surface area (Å²) < 4.78 is 0.849. The summed E-state index contributed by atoms with van der Waals surface area (Å²) in [5.41, 5.74) is -0.431. The average Bonchev–Trinajstić information content (AvgIpc) is 1.65. The van der Waals surface area contributed by atoms with Crippen LogP contribution in [0.1, 0.15) is 6.92 Å². The largest absolute Gasteiger partial charge is 0.277 e. The van der Waals surface area contributed by atoms with Crippen molar-refractivity contribution in [2.45, 2.75) is 12.4 Å². The second-order valence-corrected chi connectivity index (χ2v) is 2.05. The summed E-state index contributed by atoms with van der Waals surface area (Å²) in [5, 5.41) is 0. The number of nitrogens with zero attached hydrogens (tertiary/aromatic N) is 1. The lowest BCUT2D eigenvalue weighted by molar-refractivity contribution is -0.114. The summed E-state index contributed by atoms with van der Waals surface area (Å²) in [7, 11) is 0. The number of carbonyl (C=O) groups excluding carboxylic acids is 1. The molecule has 0 radical (unpaired) electrons. The van der Waals surface area contributed by atoms with Crippen LogP contribution < -0.4 is 0 Å². The predicted octanol–water partition coefficient (Wildman–Crippen LogP) is 1.18. The van der Waals surface area contributed by atoms with Crippen LogP contribution >= 0.6 is 23.4 Å². The first kappa shape index (κ1) is 7.05. The number of rotatable bonds is 2. The molecule has 0 rings (SSSR count). The van der Waals surface area contributed by atoms with Gasteiger partial charge < -0.3 is 0 Å². The first-order chi connectivity index (χ1) is 3.18. The van der Waals surface area contributed by atoms with Crippen molar-refractivity contribution in [1.29, 1.82) is 0 Å². The molecule has 0 bridgehead atoms. The molecule has 0 N–H and O–H groups in total. The minimum atomic E-state index is -0.431. The van der Waals surface area contributed by atoms with Crippen molar-refractivity contribution in [3.05, 3.63) is 0 Å². The third kappa shape index (κ3) is 2.71. The van der Waals surface area contributed by atoms with E-state index >= 15 is 0 Å². The van der Waals surface area contributed by atoms with Gasteiger partial charge in [-0.2, -0.15) is 0 Å². The van der Waals surface area contributed by atoms with Crippen molar-refractivity contribution in [2.24, 2.45) is 0 Å². The Labute approximate surface area is 52.1 Å². The van der Waals surface area contributed by atoms with Crippen LogP contribution in [-0.2, 0) is 4.79 Å². The van der Waals surface area contributed by atoms with Crippen LogP contribution in [0.2, 0.25) is 0 Å². The summed E-state index contributed by atoms with van der Waals surface area (Å²) in [6.07, 6.45) is 0.458. The number of hydrogen-bond acceptors (Lipinski definition) is 1. The lowest BCUT2D eigenvalue weighted by atomic mass is 10.8. The van der Waals surface area contributed by atoms with Gasteiger partial charge in [0.1, 0.15) is 5.50 Å². The summed E-state index contributed by atoms with van der Waals surface area (Å²) in [5.74, 6) is 0. The van der Waals surface area contributed by atoms with Crippen LogP contribution in [-0.4, -0.2) is 16.3 Å². The quantitative estimate of drug-likeness (QED) is 0.245. The predicted molar refractivity (Wildman–Crippen MR) is 29.1 cm³/mol. The van der Waals surface area contributed by atoms with Crippen LogP contribution in [0.25, 0.3) is 0 Å². The highest BCUT2D eigenvalue weighted by atomic mass is 35.5. The smallest absolute Gasteiger partial charge is 0.225 e. The van der Waals surface area contributed by atoms with Gasteiger partial charge in [-0.15, -0.1) is 0 Å². The SMILES string of the molecule is CC(Cl)N(Cl)C=O. The molecule has 0 fully saturated rings. The highest BCUT2D eigenvalue weighted by molar-refractivity contribution is 6.27. The standard InChI is InChI=1S/C3H5Cl2NO/c1-3(4)6(5)2-7/h2-3H,1H3. The Balaban J connectivity index is 3.33. The lowest BCUT2D eigenvalue weighted by Crippen LogP contribution is -2.15. The fraction of sp³-hybridized carbons (Fsp3) is 0.667. The summed E-state index contributed by atoms with van der Waals surface area (Å²) in [6, 6.07) is 0. The molecule has 0 saturated carbocycles. The second kappa shape index (κ2) is 3.10. The van der Waals surface area contributed by atoms with Crippen molar-refractivity contribution in [2.75, 3.05) is 0 Å². The van der Waals surface area contributed by atoms with Crippen LogP contribution in [0, 0.1) is 0 Å². The molecule has 0 aliphatic rings. The molecular formula is C3H5Cl2NO. The normalized spacial score (nSPS) is 13.0. The van der Waals surface area contributed by atoms with Gasteiger partial charge in [0, 0.05) is 11.8 Å². The Morgan fingerprint density at radius 3 is 2.29 bits per heavy atom. The van der Waals surface area contributed by atoms with E-state index in [4.69, 9.17) is 23.4 Å². The first-order valence-corrected chi connectivity index (χ1v) is 2.49. The zero-order valence-corrected chi connectivity index (χ0v) is 5.28. The molecule has 0 heterocycles. The monoisotopic (exact) mass is 141 g/mol. The fourth-order valence-corrected chi connectivity index (χ4v) is 0.130. The van der Waals surface area contributed by atoms with Crippen LogP contribution in [0.3, 0.4) is 0 Å². The van der Waals surface area contributed by atoms with Gasteiger partial charge in [0.2, 0.25) is 6.41 Å². The molecule has 1 atom stereocenters. The number of hydrogen-bond donors (Lipinski definition) is 0. The van der Waals surface area contributed by atoms with Gasteiger partial charge in [-0.3, -0.25) is 4.79 Å². The topological polar surface area (TPSA) is 20.3 Å². The highest BCUT2D eigenvalue weighted by Gasteiger charge is 2.00. The van der Waals surface area contributed by atoms with E-state index in [0.717, 1.165) is 4.42 Å². The van der Waals surface area contributed by atoms with Gasteiger partial charge in [0.15, 0.2) is 0 Å². The number of alkyl halides is 1. The molecule has 4 heteroatoms. The molecule has 0 aromatic carbocycles. The first-order valence-electron chi connectivity index (χ1n) is 1.72. The van der Waals surface area contributed by atoms with Crippen molar-refractivity contribution in [3.8, 4) is 0 Å². The van der Waals surface area contributed by atoms with Gasteiger partial charge in [-0.05, 0) is 6.92 Å². The molecule has 1 unspecified atom stereocenters. The second-order valence-electron chi connectivity index (χ2n) is 1.02. The van der Waals surface area contributed by atoms with E-state index in [0.29, 0.717) is 6.41 Å². The Morgan fingerprint density at radius 1 is 1.86 bits per heavy atom. The number of amides is 1. The molecular weight excluding hydrogens is 137 g/mol. The van der Waals surface area contributed by atoms with Crippen molar-refractivity contribution in [1.82, 2.24) is 4.42 Å². The maximum Gasteiger partial charge on any atom is 0.225 e. The molecule has 42 valence electrons. The highest BCUT2D eigenvalue weighted by Crippen LogP contribution is 2.01. The molecule has 0 aliphatic carbocycles. The summed E-state index contributed by atoms with van der Waals surface area (Å²) in [4.78, 5) is 9.66. The molecule has 0 aromatic rings. The number of carbonyl (C=O) groups is 1. The Kier molecular flexibility index (Phi) is 3.13. The molecule has 2 nitrogen and oxygen atoms in total. The average molecular weight is 142 g/mol. The maximum absolute atomic E-state index is 9.66. The van der Waals surface area contributed by atoms with Crippen molar-refractivity contribution in [3.63, 3.8) is 0 Å². The Morgan fingerprint density at radius 2 is 2.29 bits per heavy atom. The van der Waals surface area contributed by atoms with Gasteiger partial charge in [0.25, 0.3) is 0 Å². The van der Waals surface area contributed by atoms with E-state index < -0.39 is 5.50 Å². The van der Waals surface area contributed by atoms with Gasteiger partial charge >= 0.3 is 0 Å². The third-order valence-corrected chi connectivity index (χ3v) is 1.12. The van der Waals surface area contributed by atoms with Crippen molar-refractivity contribution >= 4 is 29.8 Å². The molecule has 7 heavy (non-hydrogen) atoms. The van der Waals surface area contributed by atoms with Crippen LogP contribution in [0.4, 0.5) is 0 Å². The van der Waals surface area contributed by atoms with E-state index in [2.05, 4.69) is 0 Å². The maximum atomic E-state index is 9.66. The van der Waals surface area contributed by atoms with E-state index in [1.807, 2.05) is 0 Å². The van der Waals surface area contributed by atoms with Gasteiger partial charge in [-0.1, -0.05) is 11.6 Å². The molecule has 1 amide bonds. The number of halogens is 2. The molecule has 0 spiro atoms. The lowest BCUT2D eigenvalue weighted by Gasteiger charge is -2.06. The van der Waals surface area contributed by atoms with Crippen LogP contribution in [0.5, 0.6) is 0 Å². The van der Waals surface area contributed by atoms with E-state index in [-0.39, 0.29) is 0 Å². The third-order valence-electron chi connectivity index (χ3n) is 0.441. The van der Waals surface area contributed by atoms with E-state index in [1.54, 1.807) is 6.92 Å². The summed E-state index contributed by atoms with van der Waals surface area (Å²) in [6.45, 7) is 1.60. The Bertz CT molecular complexity index is 66.0. The Hall–Kier alpha value is 0.0500. The summed E-state index contributed by atoms with van der Waals surface area (Å²) >= 11 is 10.4. The minimum Gasteiger partial charge on any atom is -0.277 e. The minimum absolute atomic E-state index is 0.431. The fourth-order valence-electron chi connectivity index (χ4n) is 0.0839. The van der Waals surface area contributed by atoms with Crippen molar-refractivity contribution < 1.29 is 4.79 Å². The molecule has 0 aliphatic heterocycles. The van der Waals surface area contributed by atoms with Crippen LogP contribution in [0.15, 0.2) is 0 Å². The van der Waals surface area contributed by atoms with E-state index in [1.165, 1.54) is 0 Å². The zero-order chi connectivity index (χ0) is 5.86.